The summed E-state index contributed by atoms with van der Waals surface area (Å²) in [5.74, 6) is 0.341. The Morgan fingerprint density at radius 2 is 1.95 bits per heavy atom. The fourth-order valence-corrected chi connectivity index (χ4v) is 1.83. The molecule has 0 aliphatic heterocycles. The lowest BCUT2D eigenvalue weighted by Gasteiger charge is -2.16. The maximum atomic E-state index is 13.2. The van der Waals surface area contributed by atoms with Crippen LogP contribution >= 0.6 is 0 Å². The third-order valence-corrected chi connectivity index (χ3v) is 2.87. The van der Waals surface area contributed by atoms with Gasteiger partial charge in [0.05, 0.1) is 6.61 Å². The molecule has 0 radical (unpaired) electrons. The summed E-state index contributed by atoms with van der Waals surface area (Å²) in [6.45, 7) is 0.700. The summed E-state index contributed by atoms with van der Waals surface area (Å²) >= 11 is 0. The first-order chi connectivity index (χ1) is 9.19. The Morgan fingerprint density at radius 3 is 2.63 bits per heavy atom. The lowest BCUT2D eigenvalue weighted by Crippen LogP contribution is -2.19. The Hall–Kier alpha value is -2.07. The Kier molecular flexibility index (Phi) is 4.36. The van der Waals surface area contributed by atoms with E-state index in [-0.39, 0.29) is 17.5 Å². The highest BCUT2D eigenvalue weighted by atomic mass is 19.1. The van der Waals surface area contributed by atoms with E-state index in [2.05, 4.69) is 0 Å². The molecule has 2 rings (SSSR count). The van der Waals surface area contributed by atoms with Crippen LogP contribution in [0.25, 0.3) is 0 Å². The monoisotopic (exact) mass is 261 g/mol. The summed E-state index contributed by atoms with van der Waals surface area (Å²) in [6, 6.07) is 12.9. The van der Waals surface area contributed by atoms with Crippen molar-refractivity contribution in [2.45, 2.75) is 5.92 Å². The molecule has 0 heterocycles. The zero-order valence-electron chi connectivity index (χ0n) is 10.4. The molecule has 3 N–H and O–H groups in total. The molecule has 4 heteroatoms. The van der Waals surface area contributed by atoms with Crippen LogP contribution in [0.1, 0.15) is 11.5 Å². The van der Waals surface area contributed by atoms with Crippen LogP contribution in [0.5, 0.6) is 11.5 Å². The minimum atomic E-state index is -0.284. The van der Waals surface area contributed by atoms with Gasteiger partial charge in [0.1, 0.15) is 17.3 Å². The van der Waals surface area contributed by atoms with Gasteiger partial charge in [-0.1, -0.05) is 18.2 Å². The van der Waals surface area contributed by atoms with Gasteiger partial charge in [0, 0.05) is 18.5 Å². The molecule has 0 saturated carbocycles. The predicted octanol–water partition coefficient (Wildman–Crippen LogP) is 2.65. The molecule has 0 spiro atoms. The average Bonchev–Trinajstić information content (AvgIpc) is 2.40. The van der Waals surface area contributed by atoms with Crippen molar-refractivity contribution in [2.75, 3.05) is 13.2 Å². The lowest BCUT2D eigenvalue weighted by molar-refractivity contribution is 0.288. The van der Waals surface area contributed by atoms with E-state index in [1.807, 2.05) is 6.07 Å². The van der Waals surface area contributed by atoms with Crippen LogP contribution in [0.3, 0.4) is 0 Å². The van der Waals surface area contributed by atoms with Crippen molar-refractivity contribution in [2.24, 2.45) is 5.73 Å². The molecule has 19 heavy (non-hydrogen) atoms. The van der Waals surface area contributed by atoms with Crippen LogP contribution in [0.4, 0.5) is 4.39 Å². The molecule has 0 amide bonds. The van der Waals surface area contributed by atoms with Crippen molar-refractivity contribution in [3.63, 3.8) is 0 Å². The first-order valence-corrected chi connectivity index (χ1v) is 6.06. The number of halogens is 1. The normalized spacial score (nSPS) is 12.1. The third kappa shape index (κ3) is 3.69. The highest BCUT2D eigenvalue weighted by Gasteiger charge is 2.11. The smallest absolute Gasteiger partial charge is 0.123 e. The van der Waals surface area contributed by atoms with Gasteiger partial charge in [-0.3, -0.25) is 0 Å². The summed E-state index contributed by atoms with van der Waals surface area (Å²) in [5.41, 5.74) is 6.51. The first-order valence-electron chi connectivity index (χ1n) is 6.06. The molecule has 3 nitrogen and oxygen atoms in total. The van der Waals surface area contributed by atoms with E-state index in [1.165, 1.54) is 18.2 Å². The highest BCUT2D eigenvalue weighted by molar-refractivity contribution is 5.32. The molecule has 1 atom stereocenters. The average molecular weight is 261 g/mol. The van der Waals surface area contributed by atoms with Crippen LogP contribution in [-0.4, -0.2) is 18.3 Å². The SMILES string of the molecule is NCC(COc1cccc(O)c1)c1cccc(F)c1. The van der Waals surface area contributed by atoms with Gasteiger partial charge >= 0.3 is 0 Å². The number of phenols is 1. The van der Waals surface area contributed by atoms with Crippen LogP contribution in [-0.2, 0) is 0 Å². The number of ether oxygens (including phenoxy) is 1. The molecule has 1 unspecified atom stereocenters. The van der Waals surface area contributed by atoms with Gasteiger partial charge in [0.25, 0.3) is 0 Å². The van der Waals surface area contributed by atoms with Crippen molar-refractivity contribution >= 4 is 0 Å². The lowest BCUT2D eigenvalue weighted by atomic mass is 10.0. The van der Waals surface area contributed by atoms with Crippen LogP contribution < -0.4 is 10.5 Å². The van der Waals surface area contributed by atoms with Gasteiger partial charge in [-0.2, -0.15) is 0 Å². The van der Waals surface area contributed by atoms with E-state index in [0.717, 1.165) is 5.56 Å². The second-order valence-electron chi connectivity index (χ2n) is 4.30. The van der Waals surface area contributed by atoms with Crippen molar-refractivity contribution in [1.29, 1.82) is 0 Å². The largest absolute Gasteiger partial charge is 0.508 e. The molecule has 2 aromatic rings. The predicted molar refractivity (Wildman–Crippen MR) is 71.8 cm³/mol. The van der Waals surface area contributed by atoms with E-state index in [1.54, 1.807) is 24.3 Å². The number of benzene rings is 2. The molecule has 0 fully saturated rings. The third-order valence-electron chi connectivity index (χ3n) is 2.87. The van der Waals surface area contributed by atoms with Gasteiger partial charge in [-0.25, -0.2) is 4.39 Å². The van der Waals surface area contributed by atoms with Gasteiger partial charge < -0.3 is 15.6 Å². The summed E-state index contributed by atoms with van der Waals surface area (Å²) < 4.78 is 18.7. The molecule has 0 aliphatic rings. The van der Waals surface area contributed by atoms with E-state index in [4.69, 9.17) is 10.5 Å². The van der Waals surface area contributed by atoms with Crippen molar-refractivity contribution in [3.8, 4) is 11.5 Å². The molecule has 0 aliphatic carbocycles. The molecular weight excluding hydrogens is 245 g/mol. The van der Waals surface area contributed by atoms with E-state index in [9.17, 15) is 9.50 Å². The number of rotatable bonds is 5. The van der Waals surface area contributed by atoms with Gasteiger partial charge in [-0.05, 0) is 29.8 Å². The zero-order valence-corrected chi connectivity index (χ0v) is 10.4. The number of nitrogens with two attached hydrogens (primary N) is 1. The summed E-state index contributed by atoms with van der Waals surface area (Å²) in [5, 5.41) is 9.33. The maximum Gasteiger partial charge on any atom is 0.123 e. The van der Waals surface area contributed by atoms with E-state index >= 15 is 0 Å². The fraction of sp³-hybridized carbons (Fsp3) is 0.200. The Bertz CT molecular complexity index is 545. The Morgan fingerprint density at radius 1 is 1.16 bits per heavy atom. The zero-order chi connectivity index (χ0) is 13.7. The van der Waals surface area contributed by atoms with Gasteiger partial charge in [0.15, 0.2) is 0 Å². The molecular formula is C15H16FNO2. The van der Waals surface area contributed by atoms with E-state index in [0.29, 0.717) is 18.9 Å². The van der Waals surface area contributed by atoms with E-state index < -0.39 is 0 Å². The summed E-state index contributed by atoms with van der Waals surface area (Å²) in [7, 11) is 0. The van der Waals surface area contributed by atoms with Crippen molar-refractivity contribution < 1.29 is 14.2 Å². The second kappa shape index (κ2) is 6.20. The molecule has 100 valence electrons. The minimum Gasteiger partial charge on any atom is -0.508 e. The fourth-order valence-electron chi connectivity index (χ4n) is 1.83. The first kappa shape index (κ1) is 13.4. The minimum absolute atomic E-state index is 0.0851. The number of hydrogen-bond acceptors (Lipinski definition) is 3. The van der Waals surface area contributed by atoms with Crippen LogP contribution in [0.2, 0.25) is 0 Å². The van der Waals surface area contributed by atoms with Crippen LogP contribution in [0.15, 0.2) is 48.5 Å². The number of hydrogen-bond donors (Lipinski definition) is 2. The highest BCUT2D eigenvalue weighted by Crippen LogP contribution is 2.21. The molecule has 0 aromatic heterocycles. The Labute approximate surface area is 111 Å². The van der Waals surface area contributed by atoms with Crippen molar-refractivity contribution in [3.05, 3.63) is 59.9 Å². The Balaban J connectivity index is 2.04. The molecule has 2 aromatic carbocycles. The standard InChI is InChI=1S/C15H16FNO2/c16-13-4-1-3-11(7-13)12(9-17)10-19-15-6-2-5-14(18)8-15/h1-8,12,18H,9-10,17H2. The van der Waals surface area contributed by atoms with Gasteiger partial charge in [-0.15, -0.1) is 0 Å². The van der Waals surface area contributed by atoms with Gasteiger partial charge in [0.2, 0.25) is 0 Å². The topological polar surface area (TPSA) is 55.5 Å². The molecule has 0 saturated heterocycles. The second-order valence-corrected chi connectivity index (χ2v) is 4.30. The van der Waals surface area contributed by atoms with Crippen LogP contribution in [0, 0.1) is 5.82 Å². The quantitative estimate of drug-likeness (QED) is 0.870. The van der Waals surface area contributed by atoms with Crippen molar-refractivity contribution in [1.82, 2.24) is 0 Å². The number of phenolic OH excluding ortho intramolecular Hbond substituents is 1. The molecule has 0 bridgehead atoms. The summed E-state index contributed by atoms with van der Waals surface area (Å²) in [4.78, 5) is 0. The maximum absolute atomic E-state index is 13.2. The summed E-state index contributed by atoms with van der Waals surface area (Å²) in [6.07, 6.45) is 0. The number of aromatic hydroxyl groups is 1.